The third kappa shape index (κ3) is 7.57. The number of primary amides is 1. The van der Waals surface area contributed by atoms with E-state index in [1.165, 1.54) is 0 Å². The number of amides is 1. The molecular weight excluding hydrogens is 444 g/mol. The molecule has 9 heteroatoms. The molecule has 1 aliphatic rings. The lowest BCUT2D eigenvalue weighted by Gasteiger charge is -2.20. The predicted octanol–water partition coefficient (Wildman–Crippen LogP) is 2.79. The molecule has 0 spiro atoms. The molecule has 0 aromatic heterocycles. The number of sulfonamides is 1. The van der Waals surface area contributed by atoms with E-state index >= 15 is 0 Å². The molecule has 33 heavy (non-hydrogen) atoms. The molecule has 2 aromatic carbocycles. The summed E-state index contributed by atoms with van der Waals surface area (Å²) in [6, 6.07) is 13.6. The van der Waals surface area contributed by atoms with E-state index in [-0.39, 0.29) is 30.5 Å². The summed E-state index contributed by atoms with van der Waals surface area (Å²) in [5.74, 6) is -0.461. The molecule has 0 aliphatic carbocycles. The summed E-state index contributed by atoms with van der Waals surface area (Å²) in [7, 11) is -3.48. The van der Waals surface area contributed by atoms with Crippen molar-refractivity contribution in [3.63, 3.8) is 0 Å². The second kappa shape index (κ2) is 11.8. The number of carbonyl (C=O) groups excluding carboxylic acids is 2. The van der Waals surface area contributed by atoms with Crippen LogP contribution in [0.4, 0.5) is 0 Å². The molecule has 0 atom stereocenters. The zero-order valence-corrected chi connectivity index (χ0v) is 19.4. The van der Waals surface area contributed by atoms with Crippen LogP contribution >= 0.6 is 0 Å². The van der Waals surface area contributed by atoms with Crippen molar-refractivity contribution in [3.05, 3.63) is 59.7 Å². The Balaban J connectivity index is 1.47. The van der Waals surface area contributed by atoms with E-state index in [1.54, 1.807) is 52.8 Å². The van der Waals surface area contributed by atoms with Crippen LogP contribution in [0.15, 0.2) is 53.4 Å². The number of hydrogen-bond acceptors (Lipinski definition) is 6. The number of benzene rings is 2. The third-order valence-electron chi connectivity index (χ3n) is 5.42. The Kier molecular flexibility index (Phi) is 8.85. The average Bonchev–Trinajstić information content (AvgIpc) is 3.11. The van der Waals surface area contributed by atoms with Crippen LogP contribution in [0.3, 0.4) is 0 Å². The van der Waals surface area contributed by atoms with Gasteiger partial charge < -0.3 is 15.2 Å². The zero-order valence-electron chi connectivity index (χ0n) is 18.6. The monoisotopic (exact) mass is 474 g/mol. The van der Waals surface area contributed by atoms with Crippen molar-refractivity contribution in [3.8, 4) is 5.75 Å². The molecule has 1 amide bonds. The Morgan fingerprint density at radius 1 is 0.939 bits per heavy atom. The van der Waals surface area contributed by atoms with Crippen molar-refractivity contribution in [2.24, 2.45) is 5.73 Å². The van der Waals surface area contributed by atoms with Gasteiger partial charge in [0, 0.05) is 19.5 Å². The van der Waals surface area contributed by atoms with E-state index in [2.05, 4.69) is 0 Å². The van der Waals surface area contributed by atoms with Crippen molar-refractivity contribution in [1.29, 1.82) is 0 Å². The summed E-state index contributed by atoms with van der Waals surface area (Å²) in [4.78, 5) is 23.2. The highest BCUT2D eigenvalue weighted by molar-refractivity contribution is 7.89. The van der Waals surface area contributed by atoms with Gasteiger partial charge in [0.15, 0.2) is 6.61 Å². The smallest absolute Gasteiger partial charge is 0.306 e. The highest BCUT2D eigenvalue weighted by Gasteiger charge is 2.24. The number of rotatable bonds is 10. The minimum atomic E-state index is -3.48. The van der Waals surface area contributed by atoms with Gasteiger partial charge in [-0.1, -0.05) is 37.1 Å². The fourth-order valence-corrected chi connectivity index (χ4v) is 5.14. The highest BCUT2D eigenvalue weighted by atomic mass is 32.2. The maximum atomic E-state index is 12.9. The van der Waals surface area contributed by atoms with Crippen molar-refractivity contribution >= 4 is 21.9 Å². The van der Waals surface area contributed by atoms with E-state index in [4.69, 9.17) is 15.2 Å². The second-order valence-corrected chi connectivity index (χ2v) is 9.96. The Bertz CT molecular complexity index is 1040. The van der Waals surface area contributed by atoms with E-state index in [1.807, 2.05) is 0 Å². The van der Waals surface area contributed by atoms with Gasteiger partial charge in [-0.05, 0) is 54.7 Å². The molecular formula is C24H30N2O6S. The van der Waals surface area contributed by atoms with Crippen LogP contribution in [0.25, 0.3) is 0 Å². The minimum absolute atomic E-state index is 0.0830. The van der Waals surface area contributed by atoms with Gasteiger partial charge in [0.2, 0.25) is 10.0 Å². The molecule has 1 heterocycles. The normalized spacial score (nSPS) is 14.9. The Hall–Kier alpha value is -2.91. The van der Waals surface area contributed by atoms with Gasteiger partial charge >= 0.3 is 5.97 Å². The molecule has 2 aromatic rings. The summed E-state index contributed by atoms with van der Waals surface area (Å²) in [6.45, 7) is 0.993. The first-order chi connectivity index (χ1) is 15.8. The molecule has 8 nitrogen and oxygen atoms in total. The fraction of sp³-hybridized carbons (Fsp3) is 0.417. The van der Waals surface area contributed by atoms with Crippen LogP contribution in [-0.2, 0) is 37.4 Å². The quantitative estimate of drug-likeness (QED) is 0.530. The first-order valence-corrected chi connectivity index (χ1v) is 12.5. The van der Waals surface area contributed by atoms with Gasteiger partial charge in [-0.2, -0.15) is 4.31 Å². The fourth-order valence-electron chi connectivity index (χ4n) is 3.62. The summed E-state index contributed by atoms with van der Waals surface area (Å²) < 4.78 is 37.8. The van der Waals surface area contributed by atoms with Crippen molar-refractivity contribution < 1.29 is 27.5 Å². The standard InChI is InChI=1S/C24H30N2O6S/c25-23(27)18-31-21-7-5-6-20(16-21)17-32-24(28)13-10-19-8-11-22(12-9-19)33(29,30)26-14-3-1-2-4-15-26/h5-9,11-12,16H,1-4,10,13-15,17-18H2,(H2,25,27). The summed E-state index contributed by atoms with van der Waals surface area (Å²) in [6.07, 6.45) is 4.54. The molecule has 1 saturated heterocycles. The molecule has 0 saturated carbocycles. The lowest BCUT2D eigenvalue weighted by Crippen LogP contribution is -2.31. The van der Waals surface area contributed by atoms with E-state index in [0.717, 1.165) is 36.8 Å². The largest absolute Gasteiger partial charge is 0.484 e. The Morgan fingerprint density at radius 3 is 2.30 bits per heavy atom. The van der Waals surface area contributed by atoms with Crippen LogP contribution in [-0.4, -0.2) is 44.3 Å². The number of ether oxygens (including phenoxy) is 2. The third-order valence-corrected chi connectivity index (χ3v) is 7.34. The van der Waals surface area contributed by atoms with Gasteiger partial charge in [-0.15, -0.1) is 0 Å². The maximum absolute atomic E-state index is 12.9. The lowest BCUT2D eigenvalue weighted by molar-refractivity contribution is -0.144. The van der Waals surface area contributed by atoms with Gasteiger partial charge in [-0.25, -0.2) is 8.42 Å². The predicted molar refractivity (Wildman–Crippen MR) is 123 cm³/mol. The number of hydrogen-bond donors (Lipinski definition) is 1. The first kappa shape index (κ1) is 24.7. The van der Waals surface area contributed by atoms with Crippen LogP contribution in [0, 0.1) is 0 Å². The second-order valence-electron chi connectivity index (χ2n) is 8.03. The number of aryl methyl sites for hydroxylation is 1. The van der Waals surface area contributed by atoms with E-state index in [0.29, 0.717) is 25.3 Å². The molecule has 1 aliphatic heterocycles. The van der Waals surface area contributed by atoms with Crippen LogP contribution in [0.2, 0.25) is 0 Å². The molecule has 2 N–H and O–H groups in total. The number of esters is 1. The molecule has 0 radical (unpaired) electrons. The van der Waals surface area contributed by atoms with Crippen molar-refractivity contribution in [1.82, 2.24) is 4.31 Å². The molecule has 178 valence electrons. The summed E-state index contributed by atoms with van der Waals surface area (Å²) >= 11 is 0. The minimum Gasteiger partial charge on any atom is -0.484 e. The summed E-state index contributed by atoms with van der Waals surface area (Å²) in [5.41, 5.74) is 6.66. The summed E-state index contributed by atoms with van der Waals surface area (Å²) in [5, 5.41) is 0. The molecule has 0 unspecified atom stereocenters. The van der Waals surface area contributed by atoms with E-state index < -0.39 is 15.9 Å². The van der Waals surface area contributed by atoms with E-state index in [9.17, 15) is 18.0 Å². The lowest BCUT2D eigenvalue weighted by atomic mass is 10.1. The van der Waals surface area contributed by atoms with Gasteiger partial charge in [0.05, 0.1) is 4.90 Å². The van der Waals surface area contributed by atoms with Gasteiger partial charge in [0.1, 0.15) is 12.4 Å². The van der Waals surface area contributed by atoms with Crippen molar-refractivity contribution in [2.75, 3.05) is 19.7 Å². The topological polar surface area (TPSA) is 116 Å². The molecule has 0 bridgehead atoms. The average molecular weight is 475 g/mol. The molecule has 3 rings (SSSR count). The maximum Gasteiger partial charge on any atom is 0.306 e. The van der Waals surface area contributed by atoms with Gasteiger partial charge in [-0.3, -0.25) is 9.59 Å². The SMILES string of the molecule is NC(=O)COc1cccc(COC(=O)CCc2ccc(S(=O)(=O)N3CCCCCC3)cc2)c1. The van der Waals surface area contributed by atoms with Crippen molar-refractivity contribution in [2.45, 2.75) is 50.0 Å². The zero-order chi connectivity index (χ0) is 23.7. The number of nitrogens with two attached hydrogens (primary N) is 1. The number of nitrogens with zero attached hydrogens (tertiary/aromatic N) is 1. The molecule has 1 fully saturated rings. The number of carbonyl (C=O) groups is 2. The Labute approximate surface area is 194 Å². The van der Waals surface area contributed by atoms with Gasteiger partial charge in [0.25, 0.3) is 5.91 Å². The first-order valence-electron chi connectivity index (χ1n) is 11.1. The Morgan fingerprint density at radius 2 is 1.64 bits per heavy atom. The van der Waals surface area contributed by atoms with Crippen LogP contribution < -0.4 is 10.5 Å². The van der Waals surface area contributed by atoms with Crippen LogP contribution in [0.1, 0.15) is 43.2 Å². The highest BCUT2D eigenvalue weighted by Crippen LogP contribution is 2.21. The van der Waals surface area contributed by atoms with Crippen LogP contribution in [0.5, 0.6) is 5.75 Å².